The summed E-state index contributed by atoms with van der Waals surface area (Å²) < 4.78 is 0. The quantitative estimate of drug-likeness (QED) is 0.559. The number of hydrogen-bond acceptors (Lipinski definition) is 2. The highest BCUT2D eigenvalue weighted by atomic mass is 16.3. The van der Waals surface area contributed by atoms with E-state index < -0.39 is 6.10 Å². The molecule has 11 heavy (non-hydrogen) atoms. The van der Waals surface area contributed by atoms with Crippen LogP contribution >= 0.6 is 0 Å². The van der Waals surface area contributed by atoms with Gasteiger partial charge in [0, 0.05) is 0 Å². The van der Waals surface area contributed by atoms with E-state index in [9.17, 15) is 0 Å². The van der Waals surface area contributed by atoms with Crippen LogP contribution in [0.2, 0.25) is 0 Å². The summed E-state index contributed by atoms with van der Waals surface area (Å²) in [7, 11) is 0. The minimum Gasteiger partial charge on any atom is -0.390 e. The predicted molar refractivity (Wildman–Crippen MR) is 45.6 cm³/mol. The van der Waals surface area contributed by atoms with Crippen molar-refractivity contribution >= 4 is 0 Å². The van der Waals surface area contributed by atoms with Gasteiger partial charge in [-0.05, 0) is 6.42 Å². The smallest absolute Gasteiger partial charge is 0.108 e. The lowest BCUT2D eigenvalue weighted by Crippen LogP contribution is -2.05. The van der Waals surface area contributed by atoms with Crippen molar-refractivity contribution in [2.24, 2.45) is 0 Å². The van der Waals surface area contributed by atoms with Crippen LogP contribution in [0.25, 0.3) is 0 Å². The largest absolute Gasteiger partial charge is 0.390 e. The standard InChI is InChI=1S/C9H19O2/c1-2-3-4-5-6-7-9(11)8-10/h8-11H,2-7H2,1H3. The van der Waals surface area contributed by atoms with E-state index in [-0.39, 0.29) is 0 Å². The molecule has 1 radical (unpaired) electrons. The van der Waals surface area contributed by atoms with Crippen LogP contribution in [0.15, 0.2) is 0 Å². The van der Waals surface area contributed by atoms with Crippen molar-refractivity contribution < 1.29 is 10.2 Å². The Kier molecular flexibility index (Phi) is 7.96. The molecule has 2 heteroatoms. The molecule has 0 spiro atoms. The van der Waals surface area contributed by atoms with E-state index in [0.717, 1.165) is 13.0 Å². The van der Waals surface area contributed by atoms with Gasteiger partial charge in [0.05, 0.1) is 6.10 Å². The molecule has 0 aromatic carbocycles. The molecule has 0 saturated carbocycles. The fraction of sp³-hybridized carbons (Fsp3) is 0.889. The third kappa shape index (κ3) is 7.82. The molecule has 0 aliphatic heterocycles. The molecule has 0 aliphatic carbocycles. The van der Waals surface area contributed by atoms with Crippen LogP contribution in [-0.4, -0.2) is 16.3 Å². The van der Waals surface area contributed by atoms with Gasteiger partial charge in [-0.3, -0.25) is 0 Å². The first kappa shape index (κ1) is 10.9. The maximum absolute atomic E-state index is 8.91. The molecule has 1 unspecified atom stereocenters. The number of aliphatic hydroxyl groups excluding tert-OH is 2. The van der Waals surface area contributed by atoms with E-state index in [0.29, 0.717) is 6.42 Å². The summed E-state index contributed by atoms with van der Waals surface area (Å²) in [6.07, 6.45) is 6.02. The topological polar surface area (TPSA) is 40.5 Å². The second-order valence-electron chi connectivity index (χ2n) is 2.92. The molecule has 0 rings (SSSR count). The zero-order chi connectivity index (χ0) is 8.53. The first-order chi connectivity index (χ1) is 5.31. The van der Waals surface area contributed by atoms with Gasteiger partial charge in [-0.15, -0.1) is 0 Å². The van der Waals surface area contributed by atoms with E-state index in [1.165, 1.54) is 25.7 Å². The van der Waals surface area contributed by atoms with E-state index in [2.05, 4.69) is 6.92 Å². The highest BCUT2D eigenvalue weighted by molar-refractivity contribution is 4.62. The molecule has 0 bridgehead atoms. The molecule has 0 fully saturated rings. The Morgan fingerprint density at radius 3 is 2.36 bits per heavy atom. The van der Waals surface area contributed by atoms with Crippen molar-refractivity contribution in [3.63, 3.8) is 0 Å². The van der Waals surface area contributed by atoms with E-state index in [4.69, 9.17) is 10.2 Å². The van der Waals surface area contributed by atoms with Gasteiger partial charge in [0.25, 0.3) is 0 Å². The Morgan fingerprint density at radius 2 is 1.82 bits per heavy atom. The molecular weight excluding hydrogens is 140 g/mol. The van der Waals surface area contributed by atoms with Crippen LogP contribution in [0.1, 0.15) is 45.4 Å². The molecule has 0 aromatic rings. The van der Waals surface area contributed by atoms with Crippen molar-refractivity contribution in [2.45, 2.75) is 51.6 Å². The lowest BCUT2D eigenvalue weighted by atomic mass is 10.1. The lowest BCUT2D eigenvalue weighted by molar-refractivity contribution is 0.133. The predicted octanol–water partition coefficient (Wildman–Crippen LogP) is 2.24. The molecule has 0 amide bonds. The minimum absolute atomic E-state index is 0.614. The summed E-state index contributed by atoms with van der Waals surface area (Å²) in [6.45, 7) is 3.04. The molecule has 0 aliphatic rings. The molecule has 2 nitrogen and oxygen atoms in total. The first-order valence-corrected chi connectivity index (χ1v) is 4.47. The monoisotopic (exact) mass is 159 g/mol. The SMILES string of the molecule is CCCCCCCC(O)[CH]O. The maximum atomic E-state index is 8.91. The Labute approximate surface area is 69.2 Å². The number of unbranched alkanes of at least 4 members (excludes halogenated alkanes) is 4. The summed E-state index contributed by atoms with van der Waals surface area (Å²) >= 11 is 0. The first-order valence-electron chi connectivity index (χ1n) is 4.47. The van der Waals surface area contributed by atoms with Crippen LogP contribution in [0.5, 0.6) is 0 Å². The Hall–Kier alpha value is -0.0800. The fourth-order valence-electron chi connectivity index (χ4n) is 1.03. The van der Waals surface area contributed by atoms with Crippen LogP contribution in [-0.2, 0) is 0 Å². The third-order valence-corrected chi connectivity index (χ3v) is 1.78. The fourth-order valence-corrected chi connectivity index (χ4v) is 1.03. The second kappa shape index (κ2) is 8.02. The zero-order valence-electron chi connectivity index (χ0n) is 7.29. The Bertz CT molecular complexity index is 74.0. The van der Waals surface area contributed by atoms with Gasteiger partial charge in [-0.1, -0.05) is 39.0 Å². The summed E-state index contributed by atoms with van der Waals surface area (Å²) in [4.78, 5) is 0. The van der Waals surface area contributed by atoms with E-state index >= 15 is 0 Å². The van der Waals surface area contributed by atoms with Gasteiger partial charge in [-0.25, -0.2) is 0 Å². The normalized spacial score (nSPS) is 13.4. The third-order valence-electron chi connectivity index (χ3n) is 1.78. The van der Waals surface area contributed by atoms with Gasteiger partial charge in [0.15, 0.2) is 0 Å². The van der Waals surface area contributed by atoms with Gasteiger partial charge >= 0.3 is 0 Å². The van der Waals surface area contributed by atoms with Crippen LogP contribution in [0.4, 0.5) is 0 Å². The van der Waals surface area contributed by atoms with Crippen LogP contribution < -0.4 is 0 Å². The second-order valence-corrected chi connectivity index (χ2v) is 2.92. The summed E-state index contributed by atoms with van der Waals surface area (Å²) in [5.41, 5.74) is 0. The molecule has 2 N–H and O–H groups in total. The zero-order valence-corrected chi connectivity index (χ0v) is 7.29. The summed E-state index contributed by atoms with van der Waals surface area (Å²) in [6, 6.07) is 0. The van der Waals surface area contributed by atoms with Crippen molar-refractivity contribution in [2.75, 3.05) is 0 Å². The van der Waals surface area contributed by atoms with Gasteiger partial charge < -0.3 is 10.2 Å². The van der Waals surface area contributed by atoms with Crippen LogP contribution in [0, 0.1) is 6.61 Å². The Balaban J connectivity index is 2.89. The summed E-state index contributed by atoms with van der Waals surface area (Å²) in [5.74, 6) is 0. The molecule has 1 atom stereocenters. The molecule has 67 valence electrons. The molecule has 0 aromatic heterocycles. The molecule has 0 saturated heterocycles. The minimum atomic E-state index is -0.614. The van der Waals surface area contributed by atoms with Crippen molar-refractivity contribution in [1.29, 1.82) is 0 Å². The van der Waals surface area contributed by atoms with Crippen molar-refractivity contribution in [1.82, 2.24) is 0 Å². The molecular formula is C9H19O2. The van der Waals surface area contributed by atoms with Crippen molar-refractivity contribution in [3.8, 4) is 0 Å². The average Bonchev–Trinajstić information content (AvgIpc) is 2.04. The average molecular weight is 159 g/mol. The number of aliphatic hydroxyl groups is 2. The van der Waals surface area contributed by atoms with E-state index in [1.807, 2.05) is 0 Å². The highest BCUT2D eigenvalue weighted by Crippen LogP contribution is 2.07. The Morgan fingerprint density at radius 1 is 1.18 bits per heavy atom. The van der Waals surface area contributed by atoms with Gasteiger partial charge in [0.1, 0.15) is 6.61 Å². The van der Waals surface area contributed by atoms with Crippen molar-refractivity contribution in [3.05, 3.63) is 6.61 Å². The van der Waals surface area contributed by atoms with Gasteiger partial charge in [0.2, 0.25) is 0 Å². The van der Waals surface area contributed by atoms with E-state index in [1.54, 1.807) is 0 Å². The van der Waals surface area contributed by atoms with Gasteiger partial charge in [-0.2, -0.15) is 0 Å². The molecule has 0 heterocycles. The summed E-state index contributed by atoms with van der Waals surface area (Å²) in [5, 5.41) is 17.3. The maximum Gasteiger partial charge on any atom is 0.108 e. The lowest BCUT2D eigenvalue weighted by Gasteiger charge is -2.04. The number of hydrogen-bond donors (Lipinski definition) is 2. The van der Waals surface area contributed by atoms with Crippen LogP contribution in [0.3, 0.4) is 0 Å². The highest BCUT2D eigenvalue weighted by Gasteiger charge is 2.00. The number of rotatable bonds is 7.